The Morgan fingerprint density at radius 3 is 1.80 bits per heavy atom. The van der Waals surface area contributed by atoms with E-state index in [1.807, 2.05) is 18.2 Å². The summed E-state index contributed by atoms with van der Waals surface area (Å²) in [7, 11) is -4.62. The minimum absolute atomic E-state index is 0.0499. The molecule has 3 unspecified atom stereocenters. The first-order valence-corrected chi connectivity index (χ1v) is 17.2. The van der Waals surface area contributed by atoms with E-state index in [2.05, 4.69) is 54.8 Å². The Morgan fingerprint density at radius 1 is 0.705 bits per heavy atom. The summed E-state index contributed by atoms with van der Waals surface area (Å²) in [5.41, 5.74) is 0. The zero-order valence-corrected chi connectivity index (χ0v) is 27.5. The van der Waals surface area contributed by atoms with Crippen LogP contribution in [0.4, 0.5) is 0 Å². The SMILES string of the molecule is CC/C=C\C/C=C\C/C=C\C/C=C\C/C=C\CC(=O)OC(COC(=O)CCCCCCCC)COP(=O)(O)OCC(O)CO. The first-order valence-electron chi connectivity index (χ1n) is 15.7. The molecule has 3 N–H and O–H groups in total. The highest BCUT2D eigenvalue weighted by Gasteiger charge is 2.27. The molecule has 252 valence electrons. The molecule has 0 aliphatic carbocycles. The second-order valence-electron chi connectivity index (χ2n) is 10.1. The number of rotatable bonds is 28. The summed E-state index contributed by atoms with van der Waals surface area (Å²) in [6.07, 6.45) is 28.4. The van der Waals surface area contributed by atoms with E-state index in [1.165, 1.54) is 0 Å². The molecule has 0 heterocycles. The molecule has 44 heavy (non-hydrogen) atoms. The molecule has 0 saturated carbocycles. The van der Waals surface area contributed by atoms with Crippen molar-refractivity contribution in [2.75, 3.05) is 26.4 Å². The van der Waals surface area contributed by atoms with Crippen LogP contribution in [0.25, 0.3) is 0 Å². The predicted octanol–water partition coefficient (Wildman–Crippen LogP) is 6.82. The number of phosphoric ester groups is 1. The Kier molecular flexibility index (Phi) is 27.8. The molecule has 10 nitrogen and oxygen atoms in total. The van der Waals surface area contributed by atoms with Crippen LogP contribution in [-0.4, -0.2) is 65.7 Å². The summed E-state index contributed by atoms with van der Waals surface area (Å²) in [6.45, 7) is 2.02. The maximum absolute atomic E-state index is 12.4. The quantitative estimate of drug-likeness (QED) is 0.0359. The minimum Gasteiger partial charge on any atom is -0.462 e. The molecular formula is C33H55O10P. The van der Waals surface area contributed by atoms with E-state index in [0.717, 1.165) is 57.8 Å². The van der Waals surface area contributed by atoms with Gasteiger partial charge in [-0.25, -0.2) is 4.57 Å². The molecule has 0 saturated heterocycles. The molecule has 0 radical (unpaired) electrons. The second kappa shape index (κ2) is 29.4. The standard InChI is InChI=1S/C33H55O10P/c1-3-5-7-9-11-12-13-14-15-16-17-18-19-21-23-25-33(37)43-31(29-42-44(38,39)41-27-30(35)26-34)28-40-32(36)24-22-20-10-8-6-4-2/h5,7,11-12,14-15,17-18,21,23,30-31,34-35H,3-4,6,8-10,13,16,19-20,22,24-29H2,1-2H3,(H,38,39)/b7-5-,12-11-,15-14-,18-17-,23-21-. The fraction of sp³-hybridized carbons (Fsp3) is 0.636. The van der Waals surface area contributed by atoms with E-state index in [9.17, 15) is 24.2 Å². The van der Waals surface area contributed by atoms with Crippen LogP contribution in [-0.2, 0) is 32.7 Å². The van der Waals surface area contributed by atoms with Crippen molar-refractivity contribution in [1.82, 2.24) is 0 Å². The lowest BCUT2D eigenvalue weighted by atomic mass is 10.1. The fourth-order valence-corrected chi connectivity index (χ4v) is 4.33. The molecule has 0 aliphatic heterocycles. The predicted molar refractivity (Wildman–Crippen MR) is 173 cm³/mol. The first kappa shape index (κ1) is 41.7. The van der Waals surface area contributed by atoms with E-state index in [1.54, 1.807) is 6.08 Å². The van der Waals surface area contributed by atoms with Crippen LogP contribution >= 0.6 is 7.82 Å². The Morgan fingerprint density at radius 2 is 1.23 bits per heavy atom. The minimum atomic E-state index is -4.62. The van der Waals surface area contributed by atoms with Gasteiger partial charge in [-0.2, -0.15) is 0 Å². The molecule has 0 fully saturated rings. The van der Waals surface area contributed by atoms with Gasteiger partial charge in [0, 0.05) is 6.42 Å². The summed E-state index contributed by atoms with van der Waals surface area (Å²) in [5, 5.41) is 18.1. The Balaban J connectivity index is 4.62. The summed E-state index contributed by atoms with van der Waals surface area (Å²) in [6, 6.07) is 0. The van der Waals surface area contributed by atoms with Crippen molar-refractivity contribution in [2.24, 2.45) is 0 Å². The number of phosphoric acid groups is 1. The molecular weight excluding hydrogens is 587 g/mol. The van der Waals surface area contributed by atoms with Crippen molar-refractivity contribution >= 4 is 19.8 Å². The lowest BCUT2D eigenvalue weighted by molar-refractivity contribution is -0.160. The van der Waals surface area contributed by atoms with Crippen LogP contribution in [0, 0.1) is 0 Å². The largest absolute Gasteiger partial charge is 0.472 e. The highest BCUT2D eigenvalue weighted by atomic mass is 31.2. The van der Waals surface area contributed by atoms with Crippen LogP contribution in [0.2, 0.25) is 0 Å². The number of aliphatic hydroxyl groups is 2. The van der Waals surface area contributed by atoms with Gasteiger partial charge in [-0.05, 0) is 38.5 Å². The lowest BCUT2D eigenvalue weighted by Gasteiger charge is -2.20. The maximum Gasteiger partial charge on any atom is 0.472 e. The van der Waals surface area contributed by atoms with Crippen LogP contribution in [0.1, 0.15) is 97.3 Å². The zero-order chi connectivity index (χ0) is 32.7. The van der Waals surface area contributed by atoms with E-state index >= 15 is 0 Å². The van der Waals surface area contributed by atoms with Gasteiger partial charge in [0.1, 0.15) is 12.7 Å². The number of esters is 2. The molecule has 0 bridgehead atoms. The molecule has 0 rings (SSSR count). The zero-order valence-electron chi connectivity index (χ0n) is 26.6. The van der Waals surface area contributed by atoms with Gasteiger partial charge in [0.05, 0.1) is 26.2 Å². The van der Waals surface area contributed by atoms with E-state index in [0.29, 0.717) is 12.8 Å². The molecule has 0 spiro atoms. The Labute approximate surface area is 264 Å². The van der Waals surface area contributed by atoms with Gasteiger partial charge in [-0.3, -0.25) is 18.6 Å². The number of carbonyl (C=O) groups is 2. The lowest BCUT2D eigenvalue weighted by Crippen LogP contribution is -2.29. The van der Waals surface area contributed by atoms with E-state index in [4.69, 9.17) is 19.1 Å². The van der Waals surface area contributed by atoms with Crippen molar-refractivity contribution in [2.45, 2.75) is 110 Å². The molecule has 0 aromatic heterocycles. The van der Waals surface area contributed by atoms with Crippen LogP contribution in [0.3, 0.4) is 0 Å². The third-order valence-electron chi connectivity index (χ3n) is 5.97. The number of ether oxygens (including phenoxy) is 2. The van der Waals surface area contributed by atoms with Gasteiger partial charge in [0.2, 0.25) is 0 Å². The summed E-state index contributed by atoms with van der Waals surface area (Å²) < 4.78 is 32.1. The number of carbonyl (C=O) groups excluding carboxylic acids is 2. The maximum atomic E-state index is 12.4. The van der Waals surface area contributed by atoms with Crippen LogP contribution in [0.15, 0.2) is 60.8 Å². The van der Waals surface area contributed by atoms with Crippen molar-refractivity contribution in [1.29, 1.82) is 0 Å². The highest BCUT2D eigenvalue weighted by Crippen LogP contribution is 2.43. The second-order valence-corrected chi connectivity index (χ2v) is 11.6. The van der Waals surface area contributed by atoms with Crippen molar-refractivity contribution in [3.05, 3.63) is 60.8 Å². The Bertz CT molecular complexity index is 926. The van der Waals surface area contributed by atoms with Crippen LogP contribution < -0.4 is 0 Å². The molecule has 11 heteroatoms. The molecule has 0 aromatic carbocycles. The van der Waals surface area contributed by atoms with Gasteiger partial charge in [-0.15, -0.1) is 0 Å². The van der Waals surface area contributed by atoms with Gasteiger partial charge in [-0.1, -0.05) is 107 Å². The molecule has 0 aliphatic rings. The average molecular weight is 643 g/mol. The molecule has 0 aromatic rings. The highest BCUT2D eigenvalue weighted by molar-refractivity contribution is 7.47. The fourth-order valence-electron chi connectivity index (χ4n) is 3.54. The van der Waals surface area contributed by atoms with Crippen molar-refractivity contribution in [3.63, 3.8) is 0 Å². The molecule has 0 amide bonds. The molecule has 3 atom stereocenters. The first-order chi connectivity index (χ1) is 21.2. The topological polar surface area (TPSA) is 149 Å². The van der Waals surface area contributed by atoms with Crippen molar-refractivity contribution in [3.8, 4) is 0 Å². The normalized spacial score (nSPS) is 15.1. The third-order valence-corrected chi connectivity index (χ3v) is 6.92. The van der Waals surface area contributed by atoms with Gasteiger partial charge >= 0.3 is 19.8 Å². The van der Waals surface area contributed by atoms with Crippen molar-refractivity contribution < 1.29 is 47.8 Å². The Hall–Kier alpha value is -2.33. The third kappa shape index (κ3) is 28.4. The van der Waals surface area contributed by atoms with Gasteiger partial charge in [0.25, 0.3) is 0 Å². The summed E-state index contributed by atoms with van der Waals surface area (Å²) >= 11 is 0. The summed E-state index contributed by atoms with van der Waals surface area (Å²) in [5.74, 6) is -1.09. The summed E-state index contributed by atoms with van der Waals surface area (Å²) in [4.78, 5) is 34.3. The van der Waals surface area contributed by atoms with Crippen LogP contribution in [0.5, 0.6) is 0 Å². The van der Waals surface area contributed by atoms with E-state index < -0.39 is 51.8 Å². The van der Waals surface area contributed by atoms with Gasteiger partial charge < -0.3 is 24.6 Å². The van der Waals surface area contributed by atoms with E-state index in [-0.39, 0.29) is 19.4 Å². The smallest absolute Gasteiger partial charge is 0.462 e. The number of aliphatic hydroxyl groups excluding tert-OH is 2. The number of hydrogen-bond donors (Lipinski definition) is 3. The van der Waals surface area contributed by atoms with Gasteiger partial charge in [0.15, 0.2) is 6.10 Å². The average Bonchev–Trinajstić information content (AvgIpc) is 3.01. The number of allylic oxidation sites excluding steroid dienone is 9. The monoisotopic (exact) mass is 642 g/mol. The number of hydrogen-bond acceptors (Lipinski definition) is 9. The number of unbranched alkanes of at least 4 members (excludes halogenated alkanes) is 5.